The third kappa shape index (κ3) is 3.49. The lowest BCUT2D eigenvalue weighted by Gasteiger charge is -2.34. The zero-order valence-corrected chi connectivity index (χ0v) is 10.5. The fourth-order valence-corrected chi connectivity index (χ4v) is 2.51. The minimum atomic E-state index is 0.152. The third-order valence-electron chi connectivity index (χ3n) is 2.96. The molecule has 0 bridgehead atoms. The summed E-state index contributed by atoms with van der Waals surface area (Å²) in [5.74, 6) is 0.152. The van der Waals surface area contributed by atoms with Crippen LogP contribution in [0.2, 0.25) is 0 Å². The Morgan fingerprint density at radius 1 is 1.41 bits per heavy atom. The number of carbonyl (C=O) groups excluding carboxylic acids is 1. The lowest BCUT2D eigenvalue weighted by Crippen LogP contribution is -2.49. The molecule has 1 saturated heterocycles. The van der Waals surface area contributed by atoms with E-state index >= 15 is 0 Å². The van der Waals surface area contributed by atoms with Gasteiger partial charge in [-0.05, 0) is 0 Å². The number of thiazole rings is 1. The molecule has 1 aliphatic heterocycles. The van der Waals surface area contributed by atoms with Gasteiger partial charge < -0.3 is 10.0 Å². The standard InChI is InChI=1S/C11H17N3O2S/c15-6-5-13-1-3-14(4-2-13)11(16)7-10-8-17-9-12-10/h8-9,15H,1-7H2. The zero-order valence-electron chi connectivity index (χ0n) is 9.71. The summed E-state index contributed by atoms with van der Waals surface area (Å²) in [7, 11) is 0. The number of carbonyl (C=O) groups is 1. The van der Waals surface area contributed by atoms with Crippen molar-refractivity contribution >= 4 is 17.2 Å². The Morgan fingerprint density at radius 2 is 2.18 bits per heavy atom. The second-order valence-corrected chi connectivity index (χ2v) is 4.82. The van der Waals surface area contributed by atoms with E-state index < -0.39 is 0 Å². The Morgan fingerprint density at radius 3 is 2.76 bits per heavy atom. The van der Waals surface area contributed by atoms with Crippen molar-refractivity contribution in [2.75, 3.05) is 39.3 Å². The van der Waals surface area contributed by atoms with E-state index in [0.717, 1.165) is 31.9 Å². The molecule has 0 aromatic carbocycles. The number of rotatable bonds is 4. The summed E-state index contributed by atoms with van der Waals surface area (Å²) in [5.41, 5.74) is 2.61. The van der Waals surface area contributed by atoms with Gasteiger partial charge in [0.05, 0.1) is 24.2 Å². The van der Waals surface area contributed by atoms with Gasteiger partial charge in [-0.2, -0.15) is 0 Å². The number of β-amino-alcohol motifs (C(OH)–C–C–N with tert-alkyl or cyclic N) is 1. The second-order valence-electron chi connectivity index (χ2n) is 4.10. The summed E-state index contributed by atoms with van der Waals surface area (Å²) in [4.78, 5) is 20.1. The molecule has 2 heterocycles. The van der Waals surface area contributed by atoms with Crippen LogP contribution in [-0.2, 0) is 11.2 Å². The van der Waals surface area contributed by atoms with E-state index in [2.05, 4.69) is 9.88 Å². The van der Waals surface area contributed by atoms with E-state index in [1.165, 1.54) is 11.3 Å². The minimum Gasteiger partial charge on any atom is -0.395 e. The lowest BCUT2D eigenvalue weighted by atomic mass is 10.2. The molecule has 0 saturated carbocycles. The number of nitrogens with zero attached hydrogens (tertiary/aromatic N) is 3. The van der Waals surface area contributed by atoms with Crippen molar-refractivity contribution in [2.24, 2.45) is 0 Å². The van der Waals surface area contributed by atoms with E-state index in [-0.39, 0.29) is 12.5 Å². The second kappa shape index (κ2) is 6.09. The van der Waals surface area contributed by atoms with Crippen molar-refractivity contribution in [3.8, 4) is 0 Å². The van der Waals surface area contributed by atoms with E-state index in [9.17, 15) is 4.79 Å². The highest BCUT2D eigenvalue weighted by Crippen LogP contribution is 2.07. The number of hydrogen-bond donors (Lipinski definition) is 1. The van der Waals surface area contributed by atoms with Gasteiger partial charge in [0.15, 0.2) is 0 Å². The van der Waals surface area contributed by atoms with Crippen LogP contribution >= 0.6 is 11.3 Å². The number of hydrogen-bond acceptors (Lipinski definition) is 5. The SMILES string of the molecule is O=C(Cc1cscn1)N1CCN(CCO)CC1. The molecule has 1 aromatic heterocycles. The van der Waals surface area contributed by atoms with Gasteiger partial charge in [-0.15, -0.1) is 11.3 Å². The third-order valence-corrected chi connectivity index (χ3v) is 3.59. The molecular weight excluding hydrogens is 238 g/mol. The summed E-state index contributed by atoms with van der Waals surface area (Å²) < 4.78 is 0. The molecular formula is C11H17N3O2S. The summed E-state index contributed by atoms with van der Waals surface area (Å²) in [6.07, 6.45) is 0.406. The van der Waals surface area contributed by atoms with Gasteiger partial charge in [0, 0.05) is 38.1 Å². The van der Waals surface area contributed by atoms with Gasteiger partial charge in [0.2, 0.25) is 5.91 Å². The Bertz CT molecular complexity index is 348. The molecule has 1 aliphatic rings. The minimum absolute atomic E-state index is 0.152. The molecule has 2 rings (SSSR count). The summed E-state index contributed by atoms with van der Waals surface area (Å²) in [6, 6.07) is 0. The topological polar surface area (TPSA) is 56.7 Å². The average molecular weight is 255 g/mol. The van der Waals surface area contributed by atoms with E-state index in [1.54, 1.807) is 5.51 Å². The van der Waals surface area contributed by atoms with Crippen molar-refractivity contribution < 1.29 is 9.90 Å². The number of aliphatic hydroxyl groups is 1. The summed E-state index contributed by atoms with van der Waals surface area (Å²) in [6.45, 7) is 4.10. The molecule has 1 fully saturated rings. The first kappa shape index (κ1) is 12.5. The van der Waals surface area contributed by atoms with Crippen LogP contribution in [0.5, 0.6) is 0 Å². The molecule has 6 heteroatoms. The van der Waals surface area contributed by atoms with Crippen molar-refractivity contribution in [3.63, 3.8) is 0 Å². The van der Waals surface area contributed by atoms with E-state index in [1.807, 2.05) is 10.3 Å². The fourth-order valence-electron chi connectivity index (χ4n) is 1.95. The maximum Gasteiger partial charge on any atom is 0.228 e. The maximum atomic E-state index is 12.0. The largest absolute Gasteiger partial charge is 0.395 e. The molecule has 1 aromatic rings. The lowest BCUT2D eigenvalue weighted by molar-refractivity contribution is -0.132. The first-order valence-corrected chi connectivity index (χ1v) is 6.72. The van der Waals surface area contributed by atoms with Crippen LogP contribution in [0.3, 0.4) is 0 Å². The van der Waals surface area contributed by atoms with E-state index in [0.29, 0.717) is 13.0 Å². The Hall–Kier alpha value is -0.980. The molecule has 0 atom stereocenters. The Labute approximate surface area is 105 Å². The van der Waals surface area contributed by atoms with Crippen LogP contribution < -0.4 is 0 Å². The Balaban J connectivity index is 1.78. The van der Waals surface area contributed by atoms with Crippen LogP contribution in [0.15, 0.2) is 10.9 Å². The number of amides is 1. The first-order valence-electron chi connectivity index (χ1n) is 5.77. The predicted molar refractivity (Wildman–Crippen MR) is 65.9 cm³/mol. The number of aromatic nitrogens is 1. The van der Waals surface area contributed by atoms with Gasteiger partial charge in [-0.25, -0.2) is 4.98 Å². The van der Waals surface area contributed by atoms with Crippen LogP contribution in [0.25, 0.3) is 0 Å². The molecule has 1 amide bonds. The van der Waals surface area contributed by atoms with Crippen molar-refractivity contribution in [1.29, 1.82) is 0 Å². The fraction of sp³-hybridized carbons (Fsp3) is 0.636. The molecule has 0 radical (unpaired) electrons. The van der Waals surface area contributed by atoms with Crippen LogP contribution in [0, 0.1) is 0 Å². The summed E-state index contributed by atoms with van der Waals surface area (Å²) >= 11 is 1.52. The van der Waals surface area contributed by atoms with Gasteiger partial charge in [-0.3, -0.25) is 9.69 Å². The van der Waals surface area contributed by atoms with Crippen molar-refractivity contribution in [3.05, 3.63) is 16.6 Å². The van der Waals surface area contributed by atoms with Crippen LogP contribution in [-0.4, -0.2) is 65.1 Å². The summed E-state index contributed by atoms with van der Waals surface area (Å²) in [5, 5.41) is 10.8. The van der Waals surface area contributed by atoms with Crippen molar-refractivity contribution in [1.82, 2.24) is 14.8 Å². The predicted octanol–water partition coefficient (Wildman–Crippen LogP) is -0.178. The van der Waals surface area contributed by atoms with Gasteiger partial charge in [-0.1, -0.05) is 0 Å². The van der Waals surface area contributed by atoms with Crippen molar-refractivity contribution in [2.45, 2.75) is 6.42 Å². The molecule has 1 N–H and O–H groups in total. The number of piperazine rings is 1. The molecule has 0 spiro atoms. The van der Waals surface area contributed by atoms with Crippen LogP contribution in [0.1, 0.15) is 5.69 Å². The first-order chi connectivity index (χ1) is 8.29. The Kier molecular flexibility index (Phi) is 4.47. The van der Waals surface area contributed by atoms with Gasteiger partial charge >= 0.3 is 0 Å². The van der Waals surface area contributed by atoms with Crippen LogP contribution in [0.4, 0.5) is 0 Å². The normalized spacial score (nSPS) is 17.4. The molecule has 5 nitrogen and oxygen atoms in total. The molecule has 0 aliphatic carbocycles. The van der Waals surface area contributed by atoms with E-state index in [4.69, 9.17) is 5.11 Å². The monoisotopic (exact) mass is 255 g/mol. The highest BCUT2D eigenvalue weighted by atomic mass is 32.1. The van der Waals surface area contributed by atoms with Gasteiger partial charge in [0.25, 0.3) is 0 Å². The number of aliphatic hydroxyl groups excluding tert-OH is 1. The maximum absolute atomic E-state index is 12.0. The highest BCUT2D eigenvalue weighted by molar-refractivity contribution is 7.07. The smallest absolute Gasteiger partial charge is 0.228 e. The molecule has 0 unspecified atom stereocenters. The quantitative estimate of drug-likeness (QED) is 0.811. The van der Waals surface area contributed by atoms with Gasteiger partial charge in [0.1, 0.15) is 0 Å². The average Bonchev–Trinajstić information content (AvgIpc) is 2.83. The molecule has 17 heavy (non-hydrogen) atoms. The molecule has 94 valence electrons. The highest BCUT2D eigenvalue weighted by Gasteiger charge is 2.20. The zero-order chi connectivity index (χ0) is 12.1.